The van der Waals surface area contributed by atoms with Gasteiger partial charge in [0.25, 0.3) is 11.7 Å². The number of ether oxygens (including phenoxy) is 1. The Hall–Kier alpha value is -2.77. The zero-order chi connectivity index (χ0) is 14.9. The highest BCUT2D eigenvalue weighted by molar-refractivity contribution is 5.97. The number of methoxy groups -OCH3 is 1. The van der Waals surface area contributed by atoms with Crippen LogP contribution in [0.4, 0.5) is 0 Å². The van der Waals surface area contributed by atoms with E-state index in [9.17, 15) is 9.59 Å². The third-order valence-corrected chi connectivity index (χ3v) is 2.65. The van der Waals surface area contributed by atoms with Gasteiger partial charge in [-0.3, -0.25) is 4.79 Å². The van der Waals surface area contributed by atoms with E-state index < -0.39 is 11.9 Å². The SMILES string of the molecule is COC(=O)c1ncn(-c2nc(C)cc(C)c2C(N)=O)n1. The van der Waals surface area contributed by atoms with Crippen LogP contribution in [0.1, 0.15) is 32.2 Å². The van der Waals surface area contributed by atoms with Gasteiger partial charge in [-0.25, -0.2) is 19.4 Å². The Labute approximate surface area is 114 Å². The maximum absolute atomic E-state index is 11.6. The second-order valence-electron chi connectivity index (χ2n) is 4.15. The smallest absolute Gasteiger partial charge is 0.377 e. The van der Waals surface area contributed by atoms with Crippen LogP contribution in [0.3, 0.4) is 0 Å². The van der Waals surface area contributed by atoms with Gasteiger partial charge in [0.1, 0.15) is 6.33 Å². The lowest BCUT2D eigenvalue weighted by molar-refractivity contribution is 0.0587. The fourth-order valence-corrected chi connectivity index (χ4v) is 1.84. The molecule has 0 aliphatic carbocycles. The van der Waals surface area contributed by atoms with E-state index in [0.717, 1.165) is 0 Å². The standard InChI is InChI=1S/C12H13N5O3/c1-6-4-7(2)15-11(8(6)9(13)18)17-5-14-10(16-17)12(19)20-3/h4-5H,1-3H3,(H2,13,18). The van der Waals surface area contributed by atoms with Crippen molar-refractivity contribution < 1.29 is 14.3 Å². The molecule has 0 saturated heterocycles. The van der Waals surface area contributed by atoms with Crippen molar-refractivity contribution in [3.05, 3.63) is 35.0 Å². The molecule has 0 spiro atoms. The summed E-state index contributed by atoms with van der Waals surface area (Å²) in [6, 6.07) is 1.74. The number of primary amides is 1. The zero-order valence-electron chi connectivity index (χ0n) is 11.2. The first-order valence-corrected chi connectivity index (χ1v) is 5.72. The van der Waals surface area contributed by atoms with Crippen molar-refractivity contribution in [3.8, 4) is 5.82 Å². The number of rotatable bonds is 3. The molecular weight excluding hydrogens is 262 g/mol. The zero-order valence-corrected chi connectivity index (χ0v) is 11.2. The Morgan fingerprint density at radius 2 is 2.05 bits per heavy atom. The topological polar surface area (TPSA) is 113 Å². The average Bonchev–Trinajstić information content (AvgIpc) is 2.85. The number of nitrogens with zero attached hydrogens (tertiary/aromatic N) is 4. The molecule has 8 heteroatoms. The minimum atomic E-state index is -0.672. The van der Waals surface area contributed by atoms with E-state index in [4.69, 9.17) is 5.73 Å². The normalized spacial score (nSPS) is 10.3. The van der Waals surface area contributed by atoms with E-state index >= 15 is 0 Å². The van der Waals surface area contributed by atoms with Crippen LogP contribution in [-0.4, -0.2) is 38.7 Å². The number of hydrogen-bond acceptors (Lipinski definition) is 6. The summed E-state index contributed by atoms with van der Waals surface area (Å²) in [7, 11) is 1.23. The summed E-state index contributed by atoms with van der Waals surface area (Å²) >= 11 is 0. The van der Waals surface area contributed by atoms with E-state index in [1.807, 2.05) is 0 Å². The highest BCUT2D eigenvalue weighted by Gasteiger charge is 2.19. The summed E-state index contributed by atoms with van der Waals surface area (Å²) in [6.07, 6.45) is 1.28. The van der Waals surface area contributed by atoms with Crippen molar-refractivity contribution >= 4 is 11.9 Å². The highest BCUT2D eigenvalue weighted by atomic mass is 16.5. The van der Waals surface area contributed by atoms with Crippen molar-refractivity contribution in [2.45, 2.75) is 13.8 Å². The van der Waals surface area contributed by atoms with E-state index in [-0.39, 0.29) is 17.2 Å². The number of aromatic nitrogens is 4. The maximum atomic E-state index is 11.6. The summed E-state index contributed by atoms with van der Waals surface area (Å²) in [4.78, 5) is 30.9. The Kier molecular flexibility index (Phi) is 3.47. The third-order valence-electron chi connectivity index (χ3n) is 2.65. The van der Waals surface area contributed by atoms with Gasteiger partial charge >= 0.3 is 5.97 Å². The van der Waals surface area contributed by atoms with Crippen LogP contribution >= 0.6 is 0 Å². The molecule has 0 radical (unpaired) electrons. The van der Waals surface area contributed by atoms with Gasteiger partial charge in [0.05, 0.1) is 12.7 Å². The predicted molar refractivity (Wildman–Crippen MR) is 68.5 cm³/mol. The van der Waals surface area contributed by atoms with Gasteiger partial charge in [-0.1, -0.05) is 0 Å². The third kappa shape index (κ3) is 2.35. The highest BCUT2D eigenvalue weighted by Crippen LogP contribution is 2.16. The molecule has 2 heterocycles. The van der Waals surface area contributed by atoms with Gasteiger partial charge < -0.3 is 10.5 Å². The molecule has 0 saturated carbocycles. The molecular formula is C12H13N5O3. The number of pyridine rings is 1. The van der Waals surface area contributed by atoms with Crippen LogP contribution < -0.4 is 5.73 Å². The molecule has 0 unspecified atom stereocenters. The number of aryl methyl sites for hydroxylation is 2. The molecule has 0 fully saturated rings. The van der Waals surface area contributed by atoms with E-state index in [0.29, 0.717) is 11.3 Å². The van der Waals surface area contributed by atoms with Crippen molar-refractivity contribution in [3.63, 3.8) is 0 Å². The van der Waals surface area contributed by atoms with Gasteiger partial charge in [0.2, 0.25) is 0 Å². The maximum Gasteiger partial charge on any atom is 0.377 e. The fraction of sp³-hybridized carbons (Fsp3) is 0.250. The molecule has 20 heavy (non-hydrogen) atoms. The Morgan fingerprint density at radius 1 is 1.35 bits per heavy atom. The molecule has 0 atom stereocenters. The lowest BCUT2D eigenvalue weighted by Gasteiger charge is -2.09. The first kappa shape index (κ1) is 13.7. The molecule has 2 rings (SSSR count). The first-order chi connectivity index (χ1) is 9.43. The molecule has 0 bridgehead atoms. The molecule has 1 amide bonds. The van der Waals surface area contributed by atoms with Gasteiger partial charge in [-0.15, -0.1) is 5.10 Å². The Morgan fingerprint density at radius 3 is 2.65 bits per heavy atom. The van der Waals surface area contributed by atoms with E-state index in [1.54, 1.807) is 19.9 Å². The summed E-state index contributed by atoms with van der Waals surface area (Å²) in [5.41, 5.74) is 6.97. The molecule has 8 nitrogen and oxygen atoms in total. The predicted octanol–water partition coefficient (Wildman–Crippen LogP) is 0.165. The fourth-order valence-electron chi connectivity index (χ4n) is 1.84. The van der Waals surface area contributed by atoms with Crippen molar-refractivity contribution in [1.29, 1.82) is 0 Å². The Bertz CT molecular complexity index is 692. The minimum Gasteiger partial charge on any atom is -0.463 e. The molecule has 0 aliphatic heterocycles. The average molecular weight is 275 g/mol. The second kappa shape index (κ2) is 5.08. The lowest BCUT2D eigenvalue weighted by Crippen LogP contribution is -2.18. The number of nitrogens with two attached hydrogens (primary N) is 1. The van der Waals surface area contributed by atoms with E-state index in [1.165, 1.54) is 18.1 Å². The van der Waals surface area contributed by atoms with Crippen LogP contribution in [0.15, 0.2) is 12.4 Å². The van der Waals surface area contributed by atoms with Crippen LogP contribution in [0, 0.1) is 13.8 Å². The minimum absolute atomic E-state index is 0.121. The molecule has 2 aromatic heterocycles. The number of carbonyl (C=O) groups is 2. The molecule has 0 aromatic carbocycles. The van der Waals surface area contributed by atoms with Gasteiger partial charge in [-0.05, 0) is 25.5 Å². The molecule has 2 N–H and O–H groups in total. The number of hydrogen-bond donors (Lipinski definition) is 1. The molecule has 104 valence electrons. The van der Waals surface area contributed by atoms with Crippen LogP contribution in [-0.2, 0) is 4.74 Å². The summed E-state index contributed by atoms with van der Waals surface area (Å²) in [5, 5.41) is 3.94. The van der Waals surface area contributed by atoms with Gasteiger partial charge in [0.15, 0.2) is 5.82 Å². The summed E-state index contributed by atoms with van der Waals surface area (Å²) < 4.78 is 5.75. The van der Waals surface area contributed by atoms with Crippen LogP contribution in [0.2, 0.25) is 0 Å². The monoisotopic (exact) mass is 275 g/mol. The van der Waals surface area contributed by atoms with Crippen molar-refractivity contribution in [2.24, 2.45) is 5.73 Å². The van der Waals surface area contributed by atoms with Crippen molar-refractivity contribution in [1.82, 2.24) is 19.7 Å². The Balaban J connectivity index is 2.60. The number of amides is 1. The first-order valence-electron chi connectivity index (χ1n) is 5.72. The summed E-state index contributed by atoms with van der Waals surface area (Å²) in [5.74, 6) is -1.18. The number of carbonyl (C=O) groups excluding carboxylic acids is 2. The van der Waals surface area contributed by atoms with Crippen LogP contribution in [0.25, 0.3) is 5.82 Å². The second-order valence-corrected chi connectivity index (χ2v) is 4.15. The lowest BCUT2D eigenvalue weighted by atomic mass is 10.1. The number of esters is 1. The largest absolute Gasteiger partial charge is 0.463 e. The van der Waals surface area contributed by atoms with E-state index in [2.05, 4.69) is 19.8 Å². The molecule has 0 aliphatic rings. The van der Waals surface area contributed by atoms with Crippen LogP contribution in [0.5, 0.6) is 0 Å². The van der Waals surface area contributed by atoms with Gasteiger partial charge in [-0.2, -0.15) is 0 Å². The van der Waals surface area contributed by atoms with Gasteiger partial charge in [0, 0.05) is 5.69 Å². The quantitative estimate of drug-likeness (QED) is 0.798. The summed E-state index contributed by atoms with van der Waals surface area (Å²) in [6.45, 7) is 3.52. The molecule has 2 aromatic rings. The van der Waals surface area contributed by atoms with Crippen molar-refractivity contribution in [2.75, 3.05) is 7.11 Å².